The number of aliphatic hydroxyl groups excluding tert-OH is 1. The van der Waals surface area contributed by atoms with E-state index in [2.05, 4.69) is 6.07 Å². The van der Waals surface area contributed by atoms with E-state index < -0.39 is 6.10 Å². The Morgan fingerprint density at radius 1 is 1.26 bits per heavy atom. The predicted molar refractivity (Wildman–Crippen MR) is 75.8 cm³/mol. The summed E-state index contributed by atoms with van der Waals surface area (Å²) >= 11 is 0. The summed E-state index contributed by atoms with van der Waals surface area (Å²) in [5.74, 6) is 0.823. The topological polar surface area (TPSA) is 53.2 Å². The molecule has 1 rings (SSSR count). The lowest BCUT2D eigenvalue weighted by Crippen LogP contribution is -2.08. The standard InChI is InChI=1S/C16H23NO2/c1-13(18)14-6-8-15(9-7-14)19-11-5-4-10-16(2,3)12-17/h6-9,13,18H,4-5,10-11H2,1-3H3/t13-/m0/s1. The van der Waals surface area contributed by atoms with Crippen molar-refractivity contribution < 1.29 is 9.84 Å². The van der Waals surface area contributed by atoms with Crippen molar-refractivity contribution in [1.82, 2.24) is 0 Å². The van der Waals surface area contributed by atoms with E-state index in [0.29, 0.717) is 6.61 Å². The molecule has 0 saturated carbocycles. The molecule has 0 heterocycles. The summed E-state index contributed by atoms with van der Waals surface area (Å²) in [5.41, 5.74) is 0.655. The highest BCUT2D eigenvalue weighted by atomic mass is 16.5. The Labute approximate surface area is 115 Å². The van der Waals surface area contributed by atoms with E-state index in [-0.39, 0.29) is 5.41 Å². The molecule has 1 atom stereocenters. The van der Waals surface area contributed by atoms with Gasteiger partial charge in [0.25, 0.3) is 0 Å². The van der Waals surface area contributed by atoms with E-state index in [1.807, 2.05) is 38.1 Å². The van der Waals surface area contributed by atoms with E-state index >= 15 is 0 Å². The van der Waals surface area contributed by atoms with Crippen LogP contribution in [0.2, 0.25) is 0 Å². The fourth-order valence-corrected chi connectivity index (χ4v) is 1.76. The molecule has 0 aliphatic heterocycles. The lowest BCUT2D eigenvalue weighted by molar-refractivity contribution is 0.199. The van der Waals surface area contributed by atoms with Gasteiger partial charge in [0.05, 0.1) is 24.2 Å². The van der Waals surface area contributed by atoms with Crippen molar-refractivity contribution >= 4 is 0 Å². The van der Waals surface area contributed by atoms with E-state index in [4.69, 9.17) is 10.00 Å². The lowest BCUT2D eigenvalue weighted by Gasteiger charge is -2.14. The molecule has 0 radical (unpaired) electrons. The van der Waals surface area contributed by atoms with Crippen LogP contribution in [0, 0.1) is 16.7 Å². The second-order valence-corrected chi connectivity index (χ2v) is 5.55. The average Bonchev–Trinajstić information content (AvgIpc) is 2.39. The van der Waals surface area contributed by atoms with Crippen molar-refractivity contribution in [2.75, 3.05) is 6.61 Å². The Balaban J connectivity index is 2.25. The summed E-state index contributed by atoms with van der Waals surface area (Å²) in [7, 11) is 0. The average molecular weight is 261 g/mol. The molecule has 0 aliphatic carbocycles. The summed E-state index contributed by atoms with van der Waals surface area (Å²) in [6.07, 6.45) is 2.39. The van der Waals surface area contributed by atoms with Gasteiger partial charge in [0, 0.05) is 0 Å². The first kappa shape index (κ1) is 15.5. The van der Waals surface area contributed by atoms with Crippen molar-refractivity contribution in [3.8, 4) is 11.8 Å². The molecule has 104 valence electrons. The molecule has 1 aromatic rings. The maximum Gasteiger partial charge on any atom is 0.119 e. The van der Waals surface area contributed by atoms with Crippen LogP contribution in [0.25, 0.3) is 0 Å². The van der Waals surface area contributed by atoms with Crippen molar-refractivity contribution in [2.45, 2.75) is 46.1 Å². The van der Waals surface area contributed by atoms with Crippen LogP contribution in [0.1, 0.15) is 51.7 Å². The van der Waals surface area contributed by atoms with Gasteiger partial charge in [-0.25, -0.2) is 0 Å². The molecule has 0 fully saturated rings. The highest BCUT2D eigenvalue weighted by molar-refractivity contribution is 5.28. The summed E-state index contributed by atoms with van der Waals surface area (Å²) in [5, 5.41) is 18.3. The molecule has 0 amide bonds. The Hall–Kier alpha value is -1.53. The van der Waals surface area contributed by atoms with Crippen LogP contribution in [0.15, 0.2) is 24.3 Å². The van der Waals surface area contributed by atoms with Gasteiger partial charge in [-0.1, -0.05) is 12.1 Å². The van der Waals surface area contributed by atoms with Crippen molar-refractivity contribution in [3.05, 3.63) is 29.8 Å². The maximum atomic E-state index is 9.39. The number of hydrogen-bond donors (Lipinski definition) is 1. The van der Waals surface area contributed by atoms with Crippen LogP contribution in [-0.4, -0.2) is 11.7 Å². The van der Waals surface area contributed by atoms with E-state index in [1.54, 1.807) is 6.92 Å². The molecule has 0 aromatic heterocycles. The fourth-order valence-electron chi connectivity index (χ4n) is 1.76. The van der Waals surface area contributed by atoms with Gasteiger partial charge in [0.1, 0.15) is 5.75 Å². The zero-order chi connectivity index (χ0) is 14.3. The largest absolute Gasteiger partial charge is 0.494 e. The third kappa shape index (κ3) is 5.76. The minimum absolute atomic E-state index is 0.237. The van der Waals surface area contributed by atoms with Gasteiger partial charge in [0.2, 0.25) is 0 Å². The van der Waals surface area contributed by atoms with Crippen molar-refractivity contribution in [1.29, 1.82) is 5.26 Å². The Morgan fingerprint density at radius 2 is 1.89 bits per heavy atom. The minimum atomic E-state index is -0.442. The molecule has 0 saturated heterocycles. The Kier molecular flexibility index (Phi) is 5.85. The zero-order valence-electron chi connectivity index (χ0n) is 12.0. The van der Waals surface area contributed by atoms with Gasteiger partial charge < -0.3 is 9.84 Å². The van der Waals surface area contributed by atoms with E-state index in [1.165, 1.54) is 0 Å². The number of benzene rings is 1. The van der Waals surface area contributed by atoms with Gasteiger partial charge >= 0.3 is 0 Å². The first-order chi connectivity index (χ1) is 8.94. The molecule has 0 unspecified atom stereocenters. The molecule has 1 N–H and O–H groups in total. The molecule has 1 aromatic carbocycles. The fraction of sp³-hybridized carbons (Fsp3) is 0.562. The highest BCUT2D eigenvalue weighted by Gasteiger charge is 2.15. The lowest BCUT2D eigenvalue weighted by atomic mass is 9.89. The number of nitrogens with zero attached hydrogens (tertiary/aromatic N) is 1. The molecule has 0 bridgehead atoms. The van der Waals surface area contributed by atoms with Crippen LogP contribution in [0.5, 0.6) is 5.75 Å². The summed E-state index contributed by atoms with van der Waals surface area (Å²) in [6, 6.07) is 9.80. The Morgan fingerprint density at radius 3 is 2.42 bits per heavy atom. The van der Waals surface area contributed by atoms with Gasteiger partial charge in [-0.2, -0.15) is 5.26 Å². The van der Waals surface area contributed by atoms with Gasteiger partial charge in [-0.15, -0.1) is 0 Å². The smallest absolute Gasteiger partial charge is 0.119 e. The molecule has 3 heteroatoms. The second kappa shape index (κ2) is 7.16. The zero-order valence-corrected chi connectivity index (χ0v) is 12.0. The number of aliphatic hydroxyl groups is 1. The van der Waals surface area contributed by atoms with Crippen LogP contribution < -0.4 is 4.74 Å². The number of unbranched alkanes of at least 4 members (excludes halogenated alkanes) is 1. The molecule has 3 nitrogen and oxygen atoms in total. The second-order valence-electron chi connectivity index (χ2n) is 5.55. The Bertz CT molecular complexity index is 415. The van der Waals surface area contributed by atoms with Crippen LogP contribution >= 0.6 is 0 Å². The monoisotopic (exact) mass is 261 g/mol. The molecular weight excluding hydrogens is 238 g/mol. The molecule has 0 spiro atoms. The first-order valence-electron chi connectivity index (χ1n) is 6.77. The number of nitriles is 1. The first-order valence-corrected chi connectivity index (χ1v) is 6.77. The van der Waals surface area contributed by atoms with Crippen LogP contribution in [0.3, 0.4) is 0 Å². The van der Waals surface area contributed by atoms with Gasteiger partial charge in [-0.3, -0.25) is 0 Å². The number of ether oxygens (including phenoxy) is 1. The quantitative estimate of drug-likeness (QED) is 0.759. The number of rotatable bonds is 7. The van der Waals surface area contributed by atoms with Crippen LogP contribution in [0.4, 0.5) is 0 Å². The highest BCUT2D eigenvalue weighted by Crippen LogP contribution is 2.22. The third-order valence-electron chi connectivity index (χ3n) is 3.13. The van der Waals surface area contributed by atoms with E-state index in [0.717, 1.165) is 30.6 Å². The van der Waals surface area contributed by atoms with Crippen molar-refractivity contribution in [2.24, 2.45) is 5.41 Å². The summed E-state index contributed by atoms with van der Waals surface area (Å²) < 4.78 is 5.62. The van der Waals surface area contributed by atoms with Gasteiger partial charge in [0.15, 0.2) is 0 Å². The molecule has 0 aliphatic rings. The third-order valence-corrected chi connectivity index (χ3v) is 3.13. The molecule has 19 heavy (non-hydrogen) atoms. The number of hydrogen-bond acceptors (Lipinski definition) is 3. The minimum Gasteiger partial charge on any atom is -0.494 e. The maximum absolute atomic E-state index is 9.39. The normalized spacial score (nSPS) is 12.8. The van der Waals surface area contributed by atoms with Crippen LogP contribution in [-0.2, 0) is 0 Å². The molecular formula is C16H23NO2. The predicted octanol–water partition coefficient (Wildman–Crippen LogP) is 3.84. The summed E-state index contributed by atoms with van der Waals surface area (Å²) in [6.45, 7) is 6.33. The SMILES string of the molecule is C[C@H](O)c1ccc(OCCCCC(C)(C)C#N)cc1. The van der Waals surface area contributed by atoms with Gasteiger partial charge in [-0.05, 0) is 57.7 Å². The van der Waals surface area contributed by atoms with Crippen molar-refractivity contribution in [3.63, 3.8) is 0 Å². The summed E-state index contributed by atoms with van der Waals surface area (Å²) in [4.78, 5) is 0. The van der Waals surface area contributed by atoms with E-state index in [9.17, 15) is 5.11 Å².